The number of fused-ring (bicyclic) bond motifs is 2. The number of hydrogen-bond donors (Lipinski definition) is 5. The molecule has 2 amide bonds. The number of likely N-dealkylation sites (N-methyl/N-ethyl adjacent to an activating group) is 1. The average molecular weight is 769 g/mol. The van der Waals surface area contributed by atoms with Crippen molar-refractivity contribution in [3.63, 3.8) is 0 Å². The number of hydroxylamine groups is 2. The zero-order valence-electron chi connectivity index (χ0n) is 33.9. The molecule has 11 nitrogen and oxygen atoms in total. The smallest absolute Gasteiger partial charge is 0.251 e. The minimum absolute atomic E-state index is 0.0123. The summed E-state index contributed by atoms with van der Waals surface area (Å²) in [4.78, 5) is 36.5. The van der Waals surface area contributed by atoms with Crippen LogP contribution in [0.25, 0.3) is 16.9 Å². The first-order valence-electron chi connectivity index (χ1n) is 19.8. The van der Waals surface area contributed by atoms with Gasteiger partial charge in [-0.05, 0) is 92.8 Å². The Bertz CT molecular complexity index is 1880. The summed E-state index contributed by atoms with van der Waals surface area (Å²) in [5.74, 6) is 0.501. The normalized spacial score (nSPS) is 26.6. The summed E-state index contributed by atoms with van der Waals surface area (Å²) in [6.07, 6.45) is 1.02. The van der Waals surface area contributed by atoms with Crippen LogP contribution in [0, 0.1) is 29.1 Å². The molecule has 56 heavy (non-hydrogen) atoms. The lowest BCUT2D eigenvalue weighted by molar-refractivity contribution is -0.183. The second-order valence-electron chi connectivity index (χ2n) is 17.1. The Morgan fingerprint density at radius 2 is 1.79 bits per heavy atom. The van der Waals surface area contributed by atoms with Crippen LogP contribution in [0.3, 0.4) is 0 Å². The van der Waals surface area contributed by atoms with Crippen molar-refractivity contribution in [2.75, 3.05) is 34.4 Å². The van der Waals surface area contributed by atoms with Crippen LogP contribution >= 0.6 is 0 Å². The Kier molecular flexibility index (Phi) is 12.6. The van der Waals surface area contributed by atoms with Crippen LogP contribution < -0.4 is 15.4 Å². The maximum Gasteiger partial charge on any atom is 0.251 e. The molecule has 0 aromatic heterocycles. The fraction of sp³-hybridized carbons (Fsp3) is 0.511. The number of ether oxygens (including phenoxy) is 1. The van der Waals surface area contributed by atoms with Crippen LogP contribution in [0.15, 0.2) is 73.3 Å². The van der Waals surface area contributed by atoms with Crippen LogP contribution in [-0.2, 0) is 22.6 Å². The molecule has 0 radical (unpaired) electrons. The van der Waals surface area contributed by atoms with Gasteiger partial charge in [-0.25, -0.2) is 0 Å². The zero-order chi connectivity index (χ0) is 40.5. The van der Waals surface area contributed by atoms with Crippen molar-refractivity contribution in [3.8, 4) is 16.9 Å². The largest absolute Gasteiger partial charge is 0.508 e. The van der Waals surface area contributed by atoms with Gasteiger partial charge in [0.05, 0.1) is 26.4 Å². The van der Waals surface area contributed by atoms with Gasteiger partial charge >= 0.3 is 0 Å². The Labute approximate surface area is 331 Å². The Balaban J connectivity index is 1.28. The molecule has 2 bridgehead atoms. The molecule has 4 aliphatic rings. The predicted octanol–water partition coefficient (Wildman–Crippen LogP) is 5.45. The van der Waals surface area contributed by atoms with E-state index in [1.807, 2.05) is 67.5 Å². The number of rotatable bonds is 15. The van der Waals surface area contributed by atoms with Gasteiger partial charge in [0.1, 0.15) is 23.7 Å². The third-order valence-electron chi connectivity index (χ3n) is 12.8. The molecular formula is C45H60N4O7. The topological polar surface area (TPSA) is 144 Å². The third kappa shape index (κ3) is 8.52. The summed E-state index contributed by atoms with van der Waals surface area (Å²) >= 11 is 0. The molecule has 3 aliphatic carbocycles. The van der Waals surface area contributed by atoms with Crippen LogP contribution in [0.5, 0.6) is 5.75 Å². The van der Waals surface area contributed by atoms with Crippen molar-refractivity contribution < 1.29 is 34.5 Å². The van der Waals surface area contributed by atoms with Gasteiger partial charge in [-0.1, -0.05) is 75.9 Å². The van der Waals surface area contributed by atoms with Gasteiger partial charge in [-0.3, -0.25) is 14.4 Å². The van der Waals surface area contributed by atoms with Gasteiger partial charge < -0.3 is 35.6 Å². The minimum atomic E-state index is -0.929. The highest BCUT2D eigenvalue weighted by Crippen LogP contribution is 2.61. The number of para-hydroxylation sites is 1. The summed E-state index contributed by atoms with van der Waals surface area (Å²) in [6, 6.07) is 19.7. The summed E-state index contributed by atoms with van der Waals surface area (Å²) < 4.78 is 6.04. The first kappa shape index (κ1) is 41.4. The van der Waals surface area contributed by atoms with E-state index in [1.165, 1.54) is 6.42 Å². The van der Waals surface area contributed by atoms with Crippen LogP contribution in [0.4, 0.5) is 0 Å². The second kappa shape index (κ2) is 17.1. The molecule has 1 saturated heterocycles. The van der Waals surface area contributed by atoms with Gasteiger partial charge in [0.25, 0.3) is 5.91 Å². The number of methoxy groups -OCH3 is 1. The molecule has 0 spiro atoms. The molecule has 4 fully saturated rings. The number of amides is 2. The van der Waals surface area contributed by atoms with E-state index in [4.69, 9.17) is 9.57 Å². The van der Waals surface area contributed by atoms with E-state index >= 15 is 0 Å². The lowest BCUT2D eigenvalue weighted by atomic mass is 9.45. The van der Waals surface area contributed by atoms with E-state index in [2.05, 4.69) is 38.0 Å². The van der Waals surface area contributed by atoms with E-state index in [9.17, 15) is 24.9 Å². The number of aliphatic hydroxyl groups excluding tert-OH is 3. The minimum Gasteiger partial charge on any atom is -0.508 e. The maximum atomic E-state index is 14.3. The van der Waals surface area contributed by atoms with Crippen molar-refractivity contribution in [3.05, 3.63) is 95.6 Å². The van der Waals surface area contributed by atoms with Crippen molar-refractivity contribution >= 4 is 17.6 Å². The summed E-state index contributed by atoms with van der Waals surface area (Å²) in [5, 5.41) is 40.0. The molecule has 3 aromatic rings. The van der Waals surface area contributed by atoms with Gasteiger partial charge in [-0.15, -0.1) is 0 Å². The number of aliphatic hydroxyl groups is 3. The highest BCUT2D eigenvalue weighted by atomic mass is 16.7. The molecular weight excluding hydrogens is 709 g/mol. The standard InChI is InChI=1S/C45H60N4O7/c1-26-37-21-34(45(37,4)5)22-38(26)47-44(54)41-40(28(3)52)39(25-50)56-49(41)23-30-15-12-16-36(42(30)55-8)32-18-31(27(2)51)19-33(20-32)43(53)46-35(24-48(6)7)17-29-13-10-9-11-14-29/h9-16,18-20,26,28,34-35,37-41,50-52H,2,17,21-25H2,1,3-8H3,(H,46,53)(H,47,54)/t26-,28-,34+,35-,37-,38-,39-,40+,41-/m0/s1. The fourth-order valence-electron chi connectivity index (χ4n) is 9.68. The Morgan fingerprint density at radius 3 is 2.39 bits per heavy atom. The van der Waals surface area contributed by atoms with Gasteiger partial charge in [0.2, 0.25) is 5.91 Å². The molecule has 7 rings (SSSR count). The van der Waals surface area contributed by atoms with Crippen molar-refractivity contribution in [1.82, 2.24) is 20.6 Å². The van der Waals surface area contributed by atoms with Crippen LogP contribution in [-0.4, -0.2) is 102 Å². The molecule has 1 aliphatic heterocycles. The third-order valence-corrected chi connectivity index (χ3v) is 12.8. The van der Waals surface area contributed by atoms with Gasteiger partial charge in [0.15, 0.2) is 0 Å². The number of nitrogens with one attached hydrogen (secondary N) is 2. The monoisotopic (exact) mass is 768 g/mol. The summed E-state index contributed by atoms with van der Waals surface area (Å²) in [5.41, 5.74) is 4.06. The lowest BCUT2D eigenvalue weighted by Gasteiger charge is -2.62. The van der Waals surface area contributed by atoms with E-state index in [0.717, 1.165) is 12.0 Å². The van der Waals surface area contributed by atoms with Crippen LogP contribution in [0.2, 0.25) is 0 Å². The zero-order valence-corrected chi connectivity index (χ0v) is 33.9. The molecule has 3 saturated carbocycles. The Morgan fingerprint density at radius 1 is 1.07 bits per heavy atom. The highest BCUT2D eigenvalue weighted by molar-refractivity contribution is 5.97. The molecule has 9 atom stereocenters. The average Bonchev–Trinajstić information content (AvgIpc) is 3.53. The maximum absolute atomic E-state index is 14.3. The predicted molar refractivity (Wildman–Crippen MR) is 218 cm³/mol. The van der Waals surface area contributed by atoms with E-state index in [0.29, 0.717) is 64.3 Å². The molecule has 5 N–H and O–H groups in total. The molecule has 0 unspecified atom stereocenters. The van der Waals surface area contributed by atoms with Gasteiger partial charge in [0, 0.05) is 46.8 Å². The number of hydrogen-bond acceptors (Lipinski definition) is 9. The van der Waals surface area contributed by atoms with E-state index < -0.39 is 24.2 Å². The lowest BCUT2D eigenvalue weighted by Crippen LogP contribution is -2.62. The number of carbonyl (C=O) groups is 2. The summed E-state index contributed by atoms with van der Waals surface area (Å²) in [7, 11) is 5.49. The second-order valence-corrected chi connectivity index (χ2v) is 17.1. The molecule has 1 heterocycles. The fourth-order valence-corrected chi connectivity index (χ4v) is 9.68. The highest BCUT2D eigenvalue weighted by Gasteiger charge is 2.57. The molecule has 302 valence electrons. The molecule has 3 aromatic carbocycles. The molecule has 11 heteroatoms. The van der Waals surface area contributed by atoms with Crippen LogP contribution in [0.1, 0.15) is 67.6 Å². The summed E-state index contributed by atoms with van der Waals surface area (Å²) in [6.45, 7) is 12.6. The first-order chi connectivity index (χ1) is 26.6. The van der Waals surface area contributed by atoms with Gasteiger partial charge in [-0.2, -0.15) is 5.06 Å². The van der Waals surface area contributed by atoms with Crippen molar-refractivity contribution in [1.29, 1.82) is 0 Å². The number of nitrogens with zero attached hydrogens (tertiary/aromatic N) is 2. The SMILES string of the molecule is C=C(O)c1cc(C(=O)N[C@@H](Cc2ccccc2)CN(C)C)cc(-c2cccc(CN3O[C@@H](CO)[C@@H]([C@H](C)O)[C@H]3C(=O)N[C@H]3C[C@H]4C[C@@H]([C@@H]3C)C4(C)C)c2OC)c1. The van der Waals surface area contributed by atoms with Crippen molar-refractivity contribution in [2.45, 2.75) is 83.8 Å². The number of carbonyl (C=O) groups excluding carboxylic acids is 2. The van der Waals surface area contributed by atoms with Crippen molar-refractivity contribution in [2.24, 2.45) is 29.1 Å². The first-order valence-corrected chi connectivity index (χ1v) is 19.8. The Hall–Kier alpha value is -4.26. The quantitative estimate of drug-likeness (QED) is 0.128. The van der Waals surface area contributed by atoms with E-state index in [1.54, 1.807) is 37.3 Å². The number of benzene rings is 3. The van der Waals surface area contributed by atoms with E-state index in [-0.39, 0.29) is 48.2 Å².